The summed E-state index contributed by atoms with van der Waals surface area (Å²) >= 11 is 0. The molecule has 0 fully saturated rings. The van der Waals surface area contributed by atoms with Gasteiger partial charge in [0.15, 0.2) is 6.10 Å². The van der Waals surface area contributed by atoms with Gasteiger partial charge in [-0.2, -0.15) is 0 Å². The maximum Gasteiger partial charge on any atom is 0.306 e. The molecule has 0 aromatic carbocycles. The van der Waals surface area contributed by atoms with Crippen molar-refractivity contribution in [1.29, 1.82) is 0 Å². The van der Waals surface area contributed by atoms with Crippen molar-refractivity contribution in [1.82, 2.24) is 0 Å². The average Bonchev–Trinajstić information content (AvgIpc) is 3.12. The van der Waals surface area contributed by atoms with Crippen LogP contribution in [-0.2, 0) is 28.6 Å². The summed E-state index contributed by atoms with van der Waals surface area (Å²) in [5.74, 6) is -0.0339. The van der Waals surface area contributed by atoms with E-state index in [0.717, 1.165) is 70.1 Å². The first-order valence-electron chi connectivity index (χ1n) is 22.9. The van der Waals surface area contributed by atoms with Gasteiger partial charge in [-0.25, -0.2) is 0 Å². The summed E-state index contributed by atoms with van der Waals surface area (Å²) < 4.78 is 16.6. The SMILES string of the molecule is CCCCCCCCCCCCCCCCC(=O)OC[C@H](COC(=O)CCCCCCCCCCCCCCC(C)C)OC(=O)CCCCCCC. The molecule has 0 bridgehead atoms. The molecule has 0 aliphatic heterocycles. The van der Waals surface area contributed by atoms with Crippen LogP contribution < -0.4 is 0 Å². The number of hydrogen-bond acceptors (Lipinski definition) is 6. The van der Waals surface area contributed by atoms with Crippen LogP contribution in [0, 0.1) is 5.92 Å². The van der Waals surface area contributed by atoms with Gasteiger partial charge in [-0.15, -0.1) is 0 Å². The van der Waals surface area contributed by atoms with Crippen molar-refractivity contribution in [2.45, 2.75) is 259 Å². The molecular formula is C46H88O6. The first-order chi connectivity index (χ1) is 25.4. The van der Waals surface area contributed by atoms with E-state index in [9.17, 15) is 14.4 Å². The second-order valence-corrected chi connectivity index (χ2v) is 16.2. The summed E-state index contributed by atoms with van der Waals surface area (Å²) in [7, 11) is 0. The Morgan fingerprint density at radius 2 is 0.635 bits per heavy atom. The number of carbonyl (C=O) groups excluding carboxylic acids is 3. The van der Waals surface area contributed by atoms with Crippen molar-refractivity contribution in [3.05, 3.63) is 0 Å². The van der Waals surface area contributed by atoms with Gasteiger partial charge in [0.05, 0.1) is 0 Å². The van der Waals surface area contributed by atoms with Gasteiger partial charge in [-0.3, -0.25) is 14.4 Å². The number of carbonyl (C=O) groups is 3. The molecule has 1 atom stereocenters. The van der Waals surface area contributed by atoms with E-state index < -0.39 is 6.10 Å². The maximum atomic E-state index is 12.5. The predicted octanol–water partition coefficient (Wildman–Crippen LogP) is 14.3. The molecule has 0 unspecified atom stereocenters. The van der Waals surface area contributed by atoms with Gasteiger partial charge in [0.1, 0.15) is 13.2 Å². The Kier molecular flexibility index (Phi) is 39.4. The molecular weight excluding hydrogens is 649 g/mol. The molecule has 0 saturated carbocycles. The Labute approximate surface area is 323 Å². The van der Waals surface area contributed by atoms with Crippen LogP contribution in [0.4, 0.5) is 0 Å². The highest BCUT2D eigenvalue weighted by Gasteiger charge is 2.19. The Balaban J connectivity index is 4.13. The molecule has 0 spiro atoms. The summed E-state index contributed by atoms with van der Waals surface area (Å²) in [5.41, 5.74) is 0. The molecule has 6 nitrogen and oxygen atoms in total. The van der Waals surface area contributed by atoms with Crippen molar-refractivity contribution in [3.8, 4) is 0 Å². The van der Waals surface area contributed by atoms with Crippen molar-refractivity contribution < 1.29 is 28.6 Å². The second kappa shape index (κ2) is 40.6. The lowest BCUT2D eigenvalue weighted by atomic mass is 10.0. The van der Waals surface area contributed by atoms with Crippen LogP contribution in [0.1, 0.15) is 252 Å². The van der Waals surface area contributed by atoms with Crippen molar-refractivity contribution in [3.63, 3.8) is 0 Å². The largest absolute Gasteiger partial charge is 0.462 e. The molecule has 0 N–H and O–H groups in total. The molecule has 0 aliphatic carbocycles. The molecule has 0 aliphatic rings. The van der Waals surface area contributed by atoms with E-state index in [2.05, 4.69) is 27.7 Å². The minimum absolute atomic E-state index is 0.0651. The number of rotatable bonds is 41. The second-order valence-electron chi connectivity index (χ2n) is 16.2. The normalized spacial score (nSPS) is 11.9. The zero-order valence-corrected chi connectivity index (χ0v) is 35.3. The summed E-state index contributed by atoms with van der Waals surface area (Å²) in [6.45, 7) is 8.92. The van der Waals surface area contributed by atoms with Crippen LogP contribution in [-0.4, -0.2) is 37.2 Å². The monoisotopic (exact) mass is 737 g/mol. The first-order valence-corrected chi connectivity index (χ1v) is 22.9. The quantitative estimate of drug-likeness (QED) is 0.0353. The lowest BCUT2D eigenvalue weighted by Crippen LogP contribution is -2.30. The smallest absolute Gasteiger partial charge is 0.306 e. The lowest BCUT2D eigenvalue weighted by molar-refractivity contribution is -0.167. The Morgan fingerprint density at radius 1 is 0.365 bits per heavy atom. The topological polar surface area (TPSA) is 78.9 Å². The van der Waals surface area contributed by atoms with Crippen LogP contribution in [0.15, 0.2) is 0 Å². The van der Waals surface area contributed by atoms with Gasteiger partial charge < -0.3 is 14.2 Å². The van der Waals surface area contributed by atoms with Crippen LogP contribution >= 0.6 is 0 Å². The number of hydrogen-bond donors (Lipinski definition) is 0. The van der Waals surface area contributed by atoms with Gasteiger partial charge >= 0.3 is 17.9 Å². The molecule has 0 aromatic heterocycles. The van der Waals surface area contributed by atoms with Crippen molar-refractivity contribution >= 4 is 17.9 Å². The van der Waals surface area contributed by atoms with E-state index in [0.29, 0.717) is 19.3 Å². The summed E-state index contributed by atoms with van der Waals surface area (Å²) in [5, 5.41) is 0. The van der Waals surface area contributed by atoms with Crippen molar-refractivity contribution in [2.24, 2.45) is 5.92 Å². The minimum Gasteiger partial charge on any atom is -0.462 e. The fourth-order valence-corrected chi connectivity index (χ4v) is 6.80. The molecule has 0 rings (SSSR count). The summed E-state index contributed by atoms with van der Waals surface area (Å²) in [4.78, 5) is 37.4. The fraction of sp³-hybridized carbons (Fsp3) is 0.935. The third-order valence-corrected chi connectivity index (χ3v) is 10.3. The number of unbranched alkanes of at least 4 members (excludes halogenated alkanes) is 28. The third-order valence-electron chi connectivity index (χ3n) is 10.3. The highest BCUT2D eigenvalue weighted by Crippen LogP contribution is 2.16. The molecule has 52 heavy (non-hydrogen) atoms. The van der Waals surface area contributed by atoms with Crippen LogP contribution in [0.3, 0.4) is 0 Å². The Bertz CT molecular complexity index is 781. The van der Waals surface area contributed by atoms with Crippen LogP contribution in [0.5, 0.6) is 0 Å². The van der Waals surface area contributed by atoms with Crippen molar-refractivity contribution in [2.75, 3.05) is 13.2 Å². The average molecular weight is 737 g/mol. The van der Waals surface area contributed by atoms with E-state index in [4.69, 9.17) is 14.2 Å². The highest BCUT2D eigenvalue weighted by molar-refractivity contribution is 5.71. The number of ether oxygens (including phenoxy) is 3. The highest BCUT2D eigenvalue weighted by atomic mass is 16.6. The number of esters is 3. The molecule has 0 radical (unpaired) electrons. The molecule has 0 heterocycles. The van der Waals surface area contributed by atoms with Gasteiger partial charge in [0, 0.05) is 19.3 Å². The van der Waals surface area contributed by atoms with Crippen LogP contribution in [0.25, 0.3) is 0 Å². The van der Waals surface area contributed by atoms with Crippen LogP contribution in [0.2, 0.25) is 0 Å². The zero-order valence-electron chi connectivity index (χ0n) is 35.3. The first kappa shape index (κ1) is 50.4. The van der Waals surface area contributed by atoms with E-state index in [1.54, 1.807) is 0 Å². The standard InChI is InChI=1S/C46H88O6/c1-5-7-9-11-12-13-14-15-16-20-23-26-30-33-37-44(47)50-40-43(52-46(49)39-35-28-10-8-6-2)41-51-45(48)38-34-31-27-24-21-18-17-19-22-25-29-32-36-42(3)4/h42-43H,5-41H2,1-4H3/t43-/m1/s1. The van der Waals surface area contributed by atoms with Gasteiger partial charge in [0.2, 0.25) is 0 Å². The molecule has 308 valence electrons. The van der Waals surface area contributed by atoms with Gasteiger partial charge in [0.25, 0.3) is 0 Å². The molecule has 0 aromatic rings. The maximum absolute atomic E-state index is 12.5. The van der Waals surface area contributed by atoms with E-state index in [1.807, 2.05) is 0 Å². The Hall–Kier alpha value is -1.59. The zero-order chi connectivity index (χ0) is 38.2. The third kappa shape index (κ3) is 39.6. The van der Waals surface area contributed by atoms with E-state index in [1.165, 1.54) is 141 Å². The van der Waals surface area contributed by atoms with Gasteiger partial charge in [-0.05, 0) is 25.2 Å². The lowest BCUT2D eigenvalue weighted by Gasteiger charge is -2.18. The summed E-state index contributed by atoms with van der Waals surface area (Å²) in [6.07, 6.45) is 39.7. The summed E-state index contributed by atoms with van der Waals surface area (Å²) in [6, 6.07) is 0. The van der Waals surface area contributed by atoms with E-state index in [-0.39, 0.29) is 31.1 Å². The molecule has 6 heteroatoms. The molecule has 0 saturated heterocycles. The fourth-order valence-electron chi connectivity index (χ4n) is 6.80. The minimum atomic E-state index is -0.757. The predicted molar refractivity (Wildman–Crippen MR) is 220 cm³/mol. The van der Waals surface area contributed by atoms with Gasteiger partial charge in [-0.1, -0.05) is 214 Å². The van der Waals surface area contributed by atoms with E-state index >= 15 is 0 Å². The Morgan fingerprint density at radius 3 is 0.942 bits per heavy atom. The molecule has 0 amide bonds.